The van der Waals surface area contributed by atoms with E-state index in [2.05, 4.69) is 20.9 Å². The molecule has 0 saturated carbocycles. The van der Waals surface area contributed by atoms with Crippen molar-refractivity contribution in [3.63, 3.8) is 0 Å². The summed E-state index contributed by atoms with van der Waals surface area (Å²) < 4.78 is 13.0. The van der Waals surface area contributed by atoms with Gasteiger partial charge in [-0.3, -0.25) is 14.2 Å². The van der Waals surface area contributed by atoms with Crippen LogP contribution in [0, 0.1) is 0 Å². The number of thioether (sulfide) groups is 1. The number of halogens is 1. The van der Waals surface area contributed by atoms with Crippen LogP contribution < -0.4 is 15.0 Å². The monoisotopic (exact) mass is 476 g/mol. The first kappa shape index (κ1) is 21.4. The number of hydrogen-bond acceptors (Lipinski definition) is 6. The number of carbonyl (C=O) groups excluding carboxylic acids is 1. The number of aromatic nitrogens is 2. The molecule has 0 saturated heterocycles. The Morgan fingerprint density at radius 2 is 1.97 bits per heavy atom. The number of ketones is 1. The molecule has 0 radical (unpaired) electrons. The fourth-order valence-electron chi connectivity index (χ4n) is 2.94. The average Bonchev–Trinajstić information content (AvgIpc) is 2.74. The van der Waals surface area contributed by atoms with Crippen LogP contribution in [0.2, 0.25) is 0 Å². The third-order valence-electron chi connectivity index (χ3n) is 4.37. The van der Waals surface area contributed by atoms with Crippen molar-refractivity contribution in [3.05, 3.63) is 56.8 Å². The molecule has 3 rings (SSSR count). The van der Waals surface area contributed by atoms with Crippen LogP contribution in [0.15, 0.2) is 50.8 Å². The number of fused-ring (bicyclic) bond motifs is 1. The maximum absolute atomic E-state index is 13.0. The second-order valence-corrected chi connectivity index (χ2v) is 8.15. The molecule has 29 heavy (non-hydrogen) atoms. The van der Waals surface area contributed by atoms with Gasteiger partial charge in [0.1, 0.15) is 11.5 Å². The maximum atomic E-state index is 13.0. The molecule has 0 bridgehead atoms. The van der Waals surface area contributed by atoms with Crippen molar-refractivity contribution in [2.45, 2.75) is 25.0 Å². The van der Waals surface area contributed by atoms with E-state index in [0.29, 0.717) is 39.7 Å². The molecule has 6 nitrogen and oxygen atoms in total. The Kier molecular flexibility index (Phi) is 6.97. The molecule has 0 aliphatic carbocycles. The minimum absolute atomic E-state index is 0.105. The van der Waals surface area contributed by atoms with Gasteiger partial charge in [-0.2, -0.15) is 0 Å². The molecule has 0 amide bonds. The van der Waals surface area contributed by atoms with Gasteiger partial charge in [0.2, 0.25) is 0 Å². The summed E-state index contributed by atoms with van der Waals surface area (Å²) in [6, 6.07) is 10.5. The van der Waals surface area contributed by atoms with Crippen LogP contribution in [0.1, 0.15) is 23.7 Å². The number of ether oxygens (including phenoxy) is 2. The number of carbonyl (C=O) groups is 1. The van der Waals surface area contributed by atoms with Gasteiger partial charge >= 0.3 is 0 Å². The van der Waals surface area contributed by atoms with Crippen molar-refractivity contribution in [3.8, 4) is 11.5 Å². The highest BCUT2D eigenvalue weighted by Crippen LogP contribution is 2.27. The fourth-order valence-corrected chi connectivity index (χ4v) is 4.21. The van der Waals surface area contributed by atoms with E-state index < -0.39 is 0 Å². The number of rotatable bonds is 8. The van der Waals surface area contributed by atoms with Crippen LogP contribution >= 0.6 is 27.7 Å². The van der Waals surface area contributed by atoms with Gasteiger partial charge in [-0.25, -0.2) is 4.98 Å². The van der Waals surface area contributed by atoms with Crippen LogP contribution in [0.25, 0.3) is 10.9 Å². The molecule has 0 aliphatic rings. The zero-order valence-corrected chi connectivity index (χ0v) is 18.8. The summed E-state index contributed by atoms with van der Waals surface area (Å²) in [6.45, 7) is 2.53. The molecular formula is C21H21BrN2O4S. The van der Waals surface area contributed by atoms with Gasteiger partial charge in [-0.15, -0.1) is 0 Å². The summed E-state index contributed by atoms with van der Waals surface area (Å²) in [5.41, 5.74) is 0.944. The first-order valence-corrected chi connectivity index (χ1v) is 10.8. The van der Waals surface area contributed by atoms with E-state index in [1.807, 2.05) is 13.0 Å². The number of benzene rings is 2. The fraction of sp³-hybridized carbons (Fsp3) is 0.286. The summed E-state index contributed by atoms with van der Waals surface area (Å²) >= 11 is 4.65. The standard InChI is InChI=1S/C21H21BrN2O4S/c1-4-9-24-20(26)15-10-13(22)5-7-17(15)23-21(24)29-12-18(25)16-11-14(27-2)6-8-19(16)28-3/h5-8,10-11H,4,9,12H2,1-3H3. The molecule has 0 unspecified atom stereocenters. The van der Waals surface area contributed by atoms with Gasteiger partial charge in [0.25, 0.3) is 5.56 Å². The van der Waals surface area contributed by atoms with E-state index in [9.17, 15) is 9.59 Å². The lowest BCUT2D eigenvalue weighted by Gasteiger charge is -2.13. The van der Waals surface area contributed by atoms with Crippen molar-refractivity contribution in [1.82, 2.24) is 9.55 Å². The molecule has 1 heterocycles. The Bertz CT molecular complexity index is 1110. The lowest BCUT2D eigenvalue weighted by Crippen LogP contribution is -2.23. The average molecular weight is 477 g/mol. The molecule has 0 spiro atoms. The number of Topliss-reactive ketones (excluding diaryl/α,β-unsaturated/α-hetero) is 1. The SMILES string of the molecule is CCCn1c(SCC(=O)c2cc(OC)ccc2OC)nc2ccc(Br)cc2c1=O. The van der Waals surface area contributed by atoms with Crippen molar-refractivity contribution in [1.29, 1.82) is 0 Å². The molecule has 2 aromatic carbocycles. The minimum atomic E-state index is -0.126. The lowest BCUT2D eigenvalue weighted by molar-refractivity contribution is 0.101. The third-order valence-corrected chi connectivity index (χ3v) is 5.84. The zero-order valence-electron chi connectivity index (χ0n) is 16.4. The van der Waals surface area contributed by atoms with Crippen LogP contribution in [0.5, 0.6) is 11.5 Å². The second-order valence-electron chi connectivity index (χ2n) is 6.29. The van der Waals surface area contributed by atoms with E-state index in [1.165, 1.54) is 18.9 Å². The lowest BCUT2D eigenvalue weighted by atomic mass is 10.1. The van der Waals surface area contributed by atoms with Crippen molar-refractivity contribution in [2.24, 2.45) is 0 Å². The Labute approximate surface area is 181 Å². The summed E-state index contributed by atoms with van der Waals surface area (Å²) in [5, 5.41) is 1.08. The highest BCUT2D eigenvalue weighted by Gasteiger charge is 2.17. The molecule has 0 aliphatic heterocycles. The highest BCUT2D eigenvalue weighted by atomic mass is 79.9. The Morgan fingerprint density at radius 1 is 1.17 bits per heavy atom. The number of nitrogens with zero attached hydrogens (tertiary/aromatic N) is 2. The van der Waals surface area contributed by atoms with Gasteiger partial charge in [0, 0.05) is 11.0 Å². The predicted octanol–water partition coefficient (Wildman–Crippen LogP) is 4.56. The van der Waals surface area contributed by atoms with Crippen LogP contribution in [0.4, 0.5) is 0 Å². The van der Waals surface area contributed by atoms with Gasteiger partial charge < -0.3 is 9.47 Å². The molecule has 0 fully saturated rings. The summed E-state index contributed by atoms with van der Waals surface area (Å²) in [7, 11) is 3.07. The summed E-state index contributed by atoms with van der Waals surface area (Å²) in [5.74, 6) is 1.07. The van der Waals surface area contributed by atoms with E-state index in [4.69, 9.17) is 9.47 Å². The number of methoxy groups -OCH3 is 2. The largest absolute Gasteiger partial charge is 0.497 e. The zero-order chi connectivity index (χ0) is 21.0. The topological polar surface area (TPSA) is 70.4 Å². The van der Waals surface area contributed by atoms with E-state index in [-0.39, 0.29) is 17.1 Å². The van der Waals surface area contributed by atoms with Gasteiger partial charge in [0.15, 0.2) is 10.9 Å². The van der Waals surface area contributed by atoms with E-state index >= 15 is 0 Å². The van der Waals surface area contributed by atoms with Crippen molar-refractivity contribution >= 4 is 44.4 Å². The van der Waals surface area contributed by atoms with Gasteiger partial charge in [-0.05, 0) is 42.8 Å². The third kappa shape index (κ3) is 4.64. The van der Waals surface area contributed by atoms with Gasteiger partial charge in [-0.1, -0.05) is 34.6 Å². The summed E-state index contributed by atoms with van der Waals surface area (Å²) in [6.07, 6.45) is 0.784. The normalized spacial score (nSPS) is 10.9. The second kappa shape index (κ2) is 9.45. The maximum Gasteiger partial charge on any atom is 0.262 e. The first-order chi connectivity index (χ1) is 14.0. The molecule has 3 aromatic rings. The van der Waals surface area contributed by atoms with Gasteiger partial charge in [0.05, 0.1) is 36.4 Å². The van der Waals surface area contributed by atoms with E-state index in [1.54, 1.807) is 42.0 Å². The van der Waals surface area contributed by atoms with Crippen molar-refractivity contribution < 1.29 is 14.3 Å². The molecule has 1 aromatic heterocycles. The van der Waals surface area contributed by atoms with E-state index in [0.717, 1.165) is 10.9 Å². The molecule has 0 atom stereocenters. The quantitative estimate of drug-likeness (QED) is 0.269. The molecular weight excluding hydrogens is 456 g/mol. The Balaban J connectivity index is 1.94. The van der Waals surface area contributed by atoms with Crippen LogP contribution in [-0.2, 0) is 6.54 Å². The van der Waals surface area contributed by atoms with Crippen LogP contribution in [-0.4, -0.2) is 35.3 Å². The smallest absolute Gasteiger partial charge is 0.262 e. The molecule has 0 N–H and O–H groups in total. The number of hydrogen-bond donors (Lipinski definition) is 0. The first-order valence-electron chi connectivity index (χ1n) is 9.06. The Morgan fingerprint density at radius 3 is 2.66 bits per heavy atom. The molecule has 8 heteroatoms. The molecule has 152 valence electrons. The minimum Gasteiger partial charge on any atom is -0.497 e. The van der Waals surface area contributed by atoms with Crippen LogP contribution in [0.3, 0.4) is 0 Å². The highest BCUT2D eigenvalue weighted by molar-refractivity contribution is 9.10. The van der Waals surface area contributed by atoms with Crippen molar-refractivity contribution in [2.75, 3.05) is 20.0 Å². The Hall–Kier alpha value is -2.32. The summed E-state index contributed by atoms with van der Waals surface area (Å²) in [4.78, 5) is 30.4. The predicted molar refractivity (Wildman–Crippen MR) is 119 cm³/mol.